The van der Waals surface area contributed by atoms with Crippen LogP contribution in [-0.4, -0.2) is 28.0 Å². The van der Waals surface area contributed by atoms with E-state index in [1.165, 1.54) is 17.3 Å². The fourth-order valence-electron chi connectivity index (χ4n) is 2.69. The quantitative estimate of drug-likeness (QED) is 0.625. The fourth-order valence-corrected chi connectivity index (χ4v) is 2.69. The summed E-state index contributed by atoms with van der Waals surface area (Å²) in [5, 5.41) is 11.2. The summed E-state index contributed by atoms with van der Waals surface area (Å²) < 4.78 is 0. The third kappa shape index (κ3) is 2.69. The summed E-state index contributed by atoms with van der Waals surface area (Å²) in [6.07, 6.45) is 3.04. The van der Waals surface area contributed by atoms with Crippen molar-refractivity contribution < 1.29 is 4.92 Å². The largest absolute Gasteiger partial charge is 0.350 e. The van der Waals surface area contributed by atoms with Crippen LogP contribution in [0.25, 0.3) is 0 Å². The first kappa shape index (κ1) is 13.5. The van der Waals surface area contributed by atoms with Crippen LogP contribution in [0.15, 0.2) is 30.5 Å². The zero-order valence-corrected chi connectivity index (χ0v) is 11.8. The van der Waals surface area contributed by atoms with E-state index in [1.54, 1.807) is 6.92 Å². The van der Waals surface area contributed by atoms with Crippen molar-refractivity contribution in [3.8, 4) is 0 Å². The van der Waals surface area contributed by atoms with Gasteiger partial charge in [-0.15, -0.1) is 0 Å². The van der Waals surface area contributed by atoms with E-state index in [0.29, 0.717) is 11.6 Å². The Labute approximate surface area is 122 Å². The molecule has 0 atom stereocenters. The summed E-state index contributed by atoms with van der Waals surface area (Å²) in [7, 11) is 0. The molecule has 1 aliphatic heterocycles. The Morgan fingerprint density at radius 2 is 1.81 bits per heavy atom. The van der Waals surface area contributed by atoms with Gasteiger partial charge in [-0.25, -0.2) is 9.97 Å². The maximum absolute atomic E-state index is 11.2. The molecule has 1 aromatic heterocycles. The third-order valence-electron chi connectivity index (χ3n) is 3.79. The Hall–Kier alpha value is -2.50. The molecule has 2 aromatic rings. The van der Waals surface area contributed by atoms with Gasteiger partial charge in [0.25, 0.3) is 0 Å². The van der Waals surface area contributed by atoms with E-state index in [2.05, 4.69) is 22.1 Å². The summed E-state index contributed by atoms with van der Waals surface area (Å²) >= 11 is 0. The molecule has 108 valence electrons. The van der Waals surface area contributed by atoms with E-state index in [0.717, 1.165) is 25.9 Å². The summed E-state index contributed by atoms with van der Waals surface area (Å²) in [6.45, 7) is 3.21. The van der Waals surface area contributed by atoms with Gasteiger partial charge in [0.2, 0.25) is 5.82 Å². The average Bonchev–Trinajstić information content (AvgIpc) is 2.69. The van der Waals surface area contributed by atoms with Gasteiger partial charge in [0, 0.05) is 13.1 Å². The molecule has 2 heterocycles. The van der Waals surface area contributed by atoms with Gasteiger partial charge in [0.15, 0.2) is 0 Å². The van der Waals surface area contributed by atoms with Crippen LogP contribution in [0.3, 0.4) is 0 Å². The molecule has 6 nitrogen and oxygen atoms in total. The molecule has 0 bridgehead atoms. The number of hydrogen-bond acceptors (Lipinski definition) is 5. The lowest BCUT2D eigenvalue weighted by Gasteiger charge is -2.21. The third-order valence-corrected chi connectivity index (χ3v) is 3.79. The van der Waals surface area contributed by atoms with Crippen molar-refractivity contribution in [3.63, 3.8) is 0 Å². The number of benzene rings is 1. The Kier molecular flexibility index (Phi) is 3.51. The first-order valence-electron chi connectivity index (χ1n) is 6.95. The van der Waals surface area contributed by atoms with E-state index in [-0.39, 0.29) is 5.69 Å². The van der Waals surface area contributed by atoms with E-state index >= 15 is 0 Å². The highest BCUT2D eigenvalue weighted by atomic mass is 16.6. The minimum absolute atomic E-state index is 0.0217. The number of fused-ring (bicyclic) bond motifs is 1. The second-order valence-electron chi connectivity index (χ2n) is 5.14. The van der Waals surface area contributed by atoms with Crippen molar-refractivity contribution in [1.29, 1.82) is 0 Å². The molecule has 1 aromatic carbocycles. The highest BCUT2D eigenvalue weighted by Gasteiger charge is 2.24. The van der Waals surface area contributed by atoms with Crippen LogP contribution >= 0.6 is 0 Å². The SMILES string of the molecule is Cc1ncc([N+](=O)[O-])c(N2CCc3ccccc3CC2)n1. The minimum atomic E-state index is -0.410. The van der Waals surface area contributed by atoms with E-state index in [1.807, 2.05) is 17.0 Å². The first-order chi connectivity index (χ1) is 10.1. The van der Waals surface area contributed by atoms with Gasteiger partial charge in [-0.3, -0.25) is 10.1 Å². The molecule has 6 heteroatoms. The highest BCUT2D eigenvalue weighted by Crippen LogP contribution is 2.27. The lowest BCUT2D eigenvalue weighted by Crippen LogP contribution is -2.28. The normalized spacial score (nSPS) is 14.4. The lowest BCUT2D eigenvalue weighted by molar-refractivity contribution is -0.384. The van der Waals surface area contributed by atoms with E-state index in [4.69, 9.17) is 0 Å². The topological polar surface area (TPSA) is 72.2 Å². The molecular formula is C15H16N4O2. The zero-order valence-electron chi connectivity index (χ0n) is 11.8. The van der Waals surface area contributed by atoms with Crippen molar-refractivity contribution in [2.24, 2.45) is 0 Å². The second kappa shape index (κ2) is 5.47. The van der Waals surface area contributed by atoms with Crippen LogP contribution in [0.2, 0.25) is 0 Å². The molecule has 0 spiro atoms. The Morgan fingerprint density at radius 1 is 1.19 bits per heavy atom. The van der Waals surface area contributed by atoms with Crippen LogP contribution in [0.1, 0.15) is 17.0 Å². The van der Waals surface area contributed by atoms with Crippen molar-refractivity contribution >= 4 is 11.5 Å². The zero-order chi connectivity index (χ0) is 14.8. The maximum Gasteiger partial charge on any atom is 0.329 e. The Balaban J connectivity index is 1.93. The van der Waals surface area contributed by atoms with Gasteiger partial charge < -0.3 is 4.90 Å². The smallest absolute Gasteiger partial charge is 0.329 e. The molecule has 0 saturated heterocycles. The molecule has 21 heavy (non-hydrogen) atoms. The summed E-state index contributed by atoms with van der Waals surface area (Å²) in [5.41, 5.74) is 2.61. The van der Waals surface area contributed by atoms with Gasteiger partial charge in [0.05, 0.1) is 4.92 Å². The second-order valence-corrected chi connectivity index (χ2v) is 5.14. The van der Waals surface area contributed by atoms with Crippen LogP contribution in [0.5, 0.6) is 0 Å². The van der Waals surface area contributed by atoms with Crippen molar-refractivity contribution in [2.75, 3.05) is 18.0 Å². The van der Waals surface area contributed by atoms with Crippen LogP contribution in [0.4, 0.5) is 11.5 Å². The minimum Gasteiger partial charge on any atom is -0.350 e. The van der Waals surface area contributed by atoms with Gasteiger partial charge in [0.1, 0.15) is 12.0 Å². The summed E-state index contributed by atoms with van der Waals surface area (Å²) in [5.74, 6) is 0.984. The van der Waals surface area contributed by atoms with E-state index in [9.17, 15) is 10.1 Å². The number of rotatable bonds is 2. The van der Waals surface area contributed by atoms with Gasteiger partial charge in [-0.1, -0.05) is 24.3 Å². The maximum atomic E-state index is 11.2. The molecule has 0 N–H and O–H groups in total. The molecule has 0 amide bonds. The average molecular weight is 284 g/mol. The van der Waals surface area contributed by atoms with Gasteiger partial charge in [-0.2, -0.15) is 0 Å². The number of aromatic nitrogens is 2. The summed E-state index contributed by atoms with van der Waals surface area (Å²) in [6, 6.07) is 8.31. The molecule has 0 fully saturated rings. The first-order valence-corrected chi connectivity index (χ1v) is 6.95. The fraction of sp³-hybridized carbons (Fsp3) is 0.333. The van der Waals surface area contributed by atoms with Gasteiger partial charge in [-0.05, 0) is 30.9 Å². The van der Waals surface area contributed by atoms with Crippen LogP contribution < -0.4 is 4.90 Å². The van der Waals surface area contributed by atoms with Crippen molar-refractivity contribution in [3.05, 3.63) is 57.5 Å². The molecule has 3 rings (SSSR count). The number of anilines is 1. The number of hydrogen-bond donors (Lipinski definition) is 0. The molecule has 0 radical (unpaired) electrons. The van der Waals surface area contributed by atoms with Crippen LogP contribution in [0, 0.1) is 17.0 Å². The Morgan fingerprint density at radius 3 is 2.38 bits per heavy atom. The molecule has 1 aliphatic rings. The van der Waals surface area contributed by atoms with Gasteiger partial charge >= 0.3 is 5.69 Å². The molecule has 0 saturated carbocycles. The Bertz CT molecular complexity index is 660. The van der Waals surface area contributed by atoms with E-state index < -0.39 is 4.92 Å². The predicted molar refractivity (Wildman–Crippen MR) is 79.5 cm³/mol. The molecular weight excluding hydrogens is 268 g/mol. The molecule has 0 unspecified atom stereocenters. The lowest BCUT2D eigenvalue weighted by atomic mass is 10.0. The standard InChI is InChI=1S/C15H16N4O2/c1-11-16-10-14(19(20)21)15(17-11)18-8-6-12-4-2-3-5-13(12)7-9-18/h2-5,10H,6-9H2,1H3. The number of nitro groups is 1. The highest BCUT2D eigenvalue weighted by molar-refractivity contribution is 5.57. The summed E-state index contributed by atoms with van der Waals surface area (Å²) in [4.78, 5) is 21.0. The monoisotopic (exact) mass is 284 g/mol. The predicted octanol–water partition coefficient (Wildman–Crippen LogP) is 2.30. The van der Waals surface area contributed by atoms with Crippen molar-refractivity contribution in [1.82, 2.24) is 9.97 Å². The van der Waals surface area contributed by atoms with Crippen LogP contribution in [-0.2, 0) is 12.8 Å². The number of nitrogens with zero attached hydrogens (tertiary/aromatic N) is 4. The van der Waals surface area contributed by atoms with Crippen molar-refractivity contribution in [2.45, 2.75) is 19.8 Å². The number of aryl methyl sites for hydroxylation is 1. The molecule has 0 aliphatic carbocycles.